The topological polar surface area (TPSA) is 62.6 Å². The maximum absolute atomic E-state index is 13.0. The van der Waals surface area contributed by atoms with Crippen LogP contribution in [0.4, 0.5) is 5.69 Å². The highest BCUT2D eigenvalue weighted by atomic mass is 32.1. The van der Waals surface area contributed by atoms with Gasteiger partial charge in [-0.15, -0.1) is 0 Å². The molecule has 4 rings (SSSR count). The summed E-state index contributed by atoms with van der Waals surface area (Å²) in [6, 6.07) is 12.5. The molecule has 1 N–H and O–H groups in total. The number of anilines is 1. The monoisotopic (exact) mass is 366 g/mol. The average molecular weight is 366 g/mol. The standard InChI is InChI=1S/C20H18N2O3S/c23-19(18-7-3-10-25-18)21-16-5-1-4-14(12-16)20(24)22-9-2-6-17(22)15-8-11-26-13-15/h1,3-5,7-8,10-13,17H,2,6,9H2,(H,21,23). The van der Waals surface area contributed by atoms with Gasteiger partial charge >= 0.3 is 0 Å². The third-order valence-electron chi connectivity index (χ3n) is 4.55. The Kier molecular flexibility index (Phi) is 4.58. The summed E-state index contributed by atoms with van der Waals surface area (Å²) in [5.41, 5.74) is 2.34. The SMILES string of the molecule is O=C(Nc1cccc(C(=O)N2CCCC2c2ccsc2)c1)c1ccco1. The van der Waals surface area contributed by atoms with Gasteiger partial charge in [0.15, 0.2) is 5.76 Å². The number of likely N-dealkylation sites (tertiary alicyclic amines) is 1. The Morgan fingerprint density at radius 3 is 2.88 bits per heavy atom. The van der Waals surface area contributed by atoms with E-state index >= 15 is 0 Å². The first-order valence-electron chi connectivity index (χ1n) is 8.50. The molecule has 1 unspecified atom stereocenters. The Labute approximate surface area is 155 Å². The number of benzene rings is 1. The number of hydrogen-bond acceptors (Lipinski definition) is 4. The summed E-state index contributed by atoms with van der Waals surface area (Å²) in [7, 11) is 0. The molecule has 1 atom stereocenters. The maximum atomic E-state index is 13.0. The molecule has 1 aliphatic rings. The fraction of sp³-hybridized carbons (Fsp3) is 0.200. The summed E-state index contributed by atoms with van der Waals surface area (Å²) in [4.78, 5) is 27.1. The molecule has 6 heteroatoms. The van der Waals surface area contributed by atoms with Gasteiger partial charge in [-0.05, 0) is 65.6 Å². The number of furan rings is 1. The number of nitrogens with zero attached hydrogens (tertiary/aromatic N) is 1. The Morgan fingerprint density at radius 1 is 1.19 bits per heavy atom. The second kappa shape index (κ2) is 7.17. The number of carbonyl (C=O) groups is 2. The van der Waals surface area contributed by atoms with Crippen molar-refractivity contribution in [1.82, 2.24) is 4.90 Å². The first-order chi connectivity index (χ1) is 12.7. The number of amides is 2. The molecule has 0 spiro atoms. The second-order valence-electron chi connectivity index (χ2n) is 6.23. The van der Waals surface area contributed by atoms with E-state index in [1.54, 1.807) is 47.7 Å². The van der Waals surface area contributed by atoms with Gasteiger partial charge in [0.2, 0.25) is 0 Å². The summed E-state index contributed by atoms with van der Waals surface area (Å²) in [6.45, 7) is 0.752. The summed E-state index contributed by atoms with van der Waals surface area (Å²) < 4.78 is 5.10. The third-order valence-corrected chi connectivity index (χ3v) is 5.26. The van der Waals surface area contributed by atoms with E-state index in [9.17, 15) is 9.59 Å². The smallest absolute Gasteiger partial charge is 0.291 e. The highest BCUT2D eigenvalue weighted by molar-refractivity contribution is 7.08. The van der Waals surface area contributed by atoms with Crippen LogP contribution in [0.3, 0.4) is 0 Å². The third kappa shape index (κ3) is 3.28. The molecule has 3 aromatic rings. The quantitative estimate of drug-likeness (QED) is 0.736. The zero-order valence-electron chi connectivity index (χ0n) is 14.1. The minimum Gasteiger partial charge on any atom is -0.459 e. The molecule has 1 saturated heterocycles. The normalized spacial score (nSPS) is 16.6. The molecule has 5 nitrogen and oxygen atoms in total. The minimum atomic E-state index is -0.336. The number of nitrogens with one attached hydrogen (secondary N) is 1. The van der Waals surface area contributed by atoms with E-state index in [0.717, 1.165) is 19.4 Å². The minimum absolute atomic E-state index is 0.00667. The van der Waals surface area contributed by atoms with Crippen molar-refractivity contribution in [2.24, 2.45) is 0 Å². The van der Waals surface area contributed by atoms with E-state index in [1.165, 1.54) is 11.8 Å². The molecule has 2 aromatic heterocycles. The first-order valence-corrected chi connectivity index (χ1v) is 9.44. The molecule has 2 amide bonds. The lowest BCUT2D eigenvalue weighted by molar-refractivity contribution is 0.0735. The molecule has 3 heterocycles. The number of hydrogen-bond donors (Lipinski definition) is 1. The van der Waals surface area contributed by atoms with Gasteiger partial charge in [0.1, 0.15) is 0 Å². The van der Waals surface area contributed by atoms with E-state index in [0.29, 0.717) is 11.3 Å². The van der Waals surface area contributed by atoms with Crippen LogP contribution in [-0.4, -0.2) is 23.3 Å². The van der Waals surface area contributed by atoms with Crippen molar-refractivity contribution < 1.29 is 14.0 Å². The van der Waals surface area contributed by atoms with E-state index in [-0.39, 0.29) is 23.6 Å². The number of thiophene rings is 1. The van der Waals surface area contributed by atoms with E-state index in [2.05, 4.69) is 16.8 Å². The lowest BCUT2D eigenvalue weighted by atomic mass is 10.1. The predicted molar refractivity (Wildman–Crippen MR) is 100 cm³/mol. The Hall–Kier alpha value is -2.86. The van der Waals surface area contributed by atoms with Crippen LogP contribution in [0.5, 0.6) is 0 Å². The van der Waals surface area contributed by atoms with Crippen LogP contribution in [0.25, 0.3) is 0 Å². The van der Waals surface area contributed by atoms with Crippen LogP contribution in [-0.2, 0) is 0 Å². The number of rotatable bonds is 4. The molecular formula is C20H18N2O3S. The summed E-state index contributed by atoms with van der Waals surface area (Å²) in [6.07, 6.45) is 3.44. The first kappa shape index (κ1) is 16.6. The highest BCUT2D eigenvalue weighted by Gasteiger charge is 2.30. The zero-order chi connectivity index (χ0) is 17.9. The summed E-state index contributed by atoms with van der Waals surface area (Å²) in [5.74, 6) is -0.108. The van der Waals surface area contributed by atoms with Crippen LogP contribution in [0.1, 0.15) is 45.4 Å². The molecular weight excluding hydrogens is 348 g/mol. The van der Waals surface area contributed by atoms with Crippen LogP contribution in [0.15, 0.2) is 63.9 Å². The largest absolute Gasteiger partial charge is 0.459 e. The number of carbonyl (C=O) groups excluding carboxylic acids is 2. The fourth-order valence-corrected chi connectivity index (χ4v) is 4.02. The van der Waals surface area contributed by atoms with Gasteiger partial charge < -0.3 is 14.6 Å². The Balaban J connectivity index is 1.52. The van der Waals surface area contributed by atoms with E-state index < -0.39 is 0 Å². The molecule has 1 aliphatic heterocycles. The van der Waals surface area contributed by atoms with E-state index in [1.807, 2.05) is 10.3 Å². The summed E-state index contributed by atoms with van der Waals surface area (Å²) >= 11 is 1.65. The molecule has 0 radical (unpaired) electrons. The van der Waals surface area contributed by atoms with E-state index in [4.69, 9.17) is 4.42 Å². The van der Waals surface area contributed by atoms with Gasteiger partial charge in [-0.2, -0.15) is 11.3 Å². The maximum Gasteiger partial charge on any atom is 0.291 e. The van der Waals surface area contributed by atoms with Crippen LogP contribution in [0.2, 0.25) is 0 Å². The summed E-state index contributed by atoms with van der Waals surface area (Å²) in [5, 5.41) is 6.92. The molecule has 1 fully saturated rings. The lowest BCUT2D eigenvalue weighted by Gasteiger charge is -2.24. The zero-order valence-corrected chi connectivity index (χ0v) is 14.9. The van der Waals surface area contributed by atoms with Crippen molar-refractivity contribution in [1.29, 1.82) is 0 Å². The fourth-order valence-electron chi connectivity index (χ4n) is 3.32. The second-order valence-corrected chi connectivity index (χ2v) is 7.01. The molecule has 1 aromatic carbocycles. The lowest BCUT2D eigenvalue weighted by Crippen LogP contribution is -2.30. The molecule has 0 saturated carbocycles. The van der Waals surface area contributed by atoms with Gasteiger partial charge in [-0.1, -0.05) is 6.07 Å². The Bertz CT molecular complexity index is 903. The van der Waals surface area contributed by atoms with Crippen molar-refractivity contribution in [2.75, 3.05) is 11.9 Å². The van der Waals surface area contributed by atoms with Crippen molar-refractivity contribution in [2.45, 2.75) is 18.9 Å². The van der Waals surface area contributed by atoms with Gasteiger partial charge in [0, 0.05) is 17.8 Å². The van der Waals surface area contributed by atoms with Gasteiger partial charge in [0.05, 0.1) is 12.3 Å². The van der Waals surface area contributed by atoms with Gasteiger partial charge in [0.25, 0.3) is 11.8 Å². The predicted octanol–water partition coefficient (Wildman–Crippen LogP) is 4.57. The average Bonchev–Trinajstić information content (AvgIpc) is 3.43. The van der Waals surface area contributed by atoms with Crippen molar-refractivity contribution in [3.05, 3.63) is 76.4 Å². The molecule has 0 aliphatic carbocycles. The van der Waals surface area contributed by atoms with Gasteiger partial charge in [-0.25, -0.2) is 0 Å². The molecule has 132 valence electrons. The van der Waals surface area contributed by atoms with Gasteiger partial charge in [-0.3, -0.25) is 9.59 Å². The molecule has 0 bridgehead atoms. The van der Waals surface area contributed by atoms with Crippen molar-refractivity contribution in [3.63, 3.8) is 0 Å². The van der Waals surface area contributed by atoms with Crippen LogP contribution >= 0.6 is 11.3 Å². The van der Waals surface area contributed by atoms with Crippen LogP contribution < -0.4 is 5.32 Å². The molecule has 26 heavy (non-hydrogen) atoms. The van der Waals surface area contributed by atoms with Crippen molar-refractivity contribution in [3.8, 4) is 0 Å². The van der Waals surface area contributed by atoms with Crippen molar-refractivity contribution >= 4 is 28.8 Å². The highest BCUT2D eigenvalue weighted by Crippen LogP contribution is 2.34. The van der Waals surface area contributed by atoms with Crippen LogP contribution in [0, 0.1) is 0 Å². The Morgan fingerprint density at radius 2 is 2.12 bits per heavy atom.